The Morgan fingerprint density at radius 1 is 1.36 bits per heavy atom. The summed E-state index contributed by atoms with van der Waals surface area (Å²) in [5.41, 5.74) is 0. The van der Waals surface area contributed by atoms with Gasteiger partial charge in [0.05, 0.1) is 0 Å². The molecule has 0 amide bonds. The molecule has 0 aliphatic heterocycles. The molecule has 1 saturated carbocycles. The molecule has 0 saturated heterocycles. The van der Waals surface area contributed by atoms with Gasteiger partial charge in [-0.25, -0.2) is 0 Å². The van der Waals surface area contributed by atoms with Crippen LogP contribution in [0.25, 0.3) is 0 Å². The Bertz CT molecular complexity index is 150. The topological polar surface area (TPSA) is 15.3 Å². The number of hydrogen-bond acceptors (Lipinski definition) is 3. The van der Waals surface area contributed by atoms with Crippen molar-refractivity contribution < 1.29 is 0 Å². The molecule has 1 fully saturated rings. The molecule has 0 heterocycles. The highest BCUT2D eigenvalue weighted by atomic mass is 32.2. The molecule has 0 spiro atoms. The van der Waals surface area contributed by atoms with E-state index in [0.717, 1.165) is 17.8 Å². The molecule has 0 aromatic rings. The monoisotopic (exact) mass is 216 g/mol. The van der Waals surface area contributed by atoms with E-state index >= 15 is 0 Å². The molecule has 0 aromatic heterocycles. The van der Waals surface area contributed by atoms with E-state index in [1.54, 1.807) is 0 Å². The van der Waals surface area contributed by atoms with E-state index in [1.807, 2.05) is 0 Å². The summed E-state index contributed by atoms with van der Waals surface area (Å²) in [5.74, 6) is 1.29. The number of thioether (sulfide) groups is 1. The summed E-state index contributed by atoms with van der Waals surface area (Å²) in [6, 6.07) is 0.803. The third-order valence-electron chi connectivity index (χ3n) is 2.77. The standard InChI is InChI=1S/C11H24N2S/c1-4-12-10-5-6-11(9-10)14-8-7-13(2)3/h10-12H,4-9H2,1-3H3. The molecular weight excluding hydrogens is 192 g/mol. The van der Waals surface area contributed by atoms with Gasteiger partial charge in [-0.2, -0.15) is 11.8 Å². The molecule has 14 heavy (non-hydrogen) atoms. The van der Waals surface area contributed by atoms with Crippen LogP contribution in [0.4, 0.5) is 0 Å². The lowest BCUT2D eigenvalue weighted by atomic mass is 10.2. The zero-order chi connectivity index (χ0) is 10.4. The van der Waals surface area contributed by atoms with Gasteiger partial charge in [-0.3, -0.25) is 0 Å². The Balaban J connectivity index is 2.04. The van der Waals surface area contributed by atoms with Crippen molar-refractivity contribution in [3.8, 4) is 0 Å². The average molecular weight is 216 g/mol. The molecule has 3 heteroatoms. The van der Waals surface area contributed by atoms with Crippen molar-refractivity contribution >= 4 is 11.8 Å². The van der Waals surface area contributed by atoms with Crippen LogP contribution < -0.4 is 5.32 Å². The van der Waals surface area contributed by atoms with E-state index in [1.165, 1.54) is 31.6 Å². The van der Waals surface area contributed by atoms with Crippen molar-refractivity contribution in [1.82, 2.24) is 10.2 Å². The Morgan fingerprint density at radius 3 is 2.79 bits per heavy atom. The predicted molar refractivity (Wildman–Crippen MR) is 66.1 cm³/mol. The first-order valence-electron chi connectivity index (χ1n) is 5.72. The molecule has 0 aromatic carbocycles. The SMILES string of the molecule is CCNC1CCC(SCCN(C)C)C1. The molecule has 1 aliphatic carbocycles. The minimum absolute atomic E-state index is 0.803. The largest absolute Gasteiger partial charge is 0.314 e. The first-order valence-corrected chi connectivity index (χ1v) is 6.77. The van der Waals surface area contributed by atoms with Crippen LogP contribution in [0, 0.1) is 0 Å². The maximum absolute atomic E-state index is 3.55. The van der Waals surface area contributed by atoms with Crippen LogP contribution in [0.3, 0.4) is 0 Å². The molecule has 2 nitrogen and oxygen atoms in total. The van der Waals surface area contributed by atoms with Gasteiger partial charge in [0.25, 0.3) is 0 Å². The quantitative estimate of drug-likeness (QED) is 0.729. The van der Waals surface area contributed by atoms with Crippen LogP contribution in [0.15, 0.2) is 0 Å². The van der Waals surface area contributed by atoms with E-state index in [4.69, 9.17) is 0 Å². The van der Waals surface area contributed by atoms with Crippen molar-refractivity contribution in [1.29, 1.82) is 0 Å². The summed E-state index contributed by atoms with van der Waals surface area (Å²) >= 11 is 2.16. The van der Waals surface area contributed by atoms with Gasteiger partial charge in [0.15, 0.2) is 0 Å². The molecule has 84 valence electrons. The molecule has 2 atom stereocenters. The minimum atomic E-state index is 0.803. The molecule has 1 N–H and O–H groups in total. The van der Waals surface area contributed by atoms with Gasteiger partial charge in [-0.05, 0) is 39.9 Å². The lowest BCUT2D eigenvalue weighted by Gasteiger charge is -2.13. The predicted octanol–water partition coefficient (Wildman–Crippen LogP) is 1.81. The second-order valence-corrected chi connectivity index (χ2v) is 5.77. The second-order valence-electron chi connectivity index (χ2n) is 4.36. The fraction of sp³-hybridized carbons (Fsp3) is 1.00. The minimum Gasteiger partial charge on any atom is -0.314 e. The Morgan fingerprint density at radius 2 is 2.14 bits per heavy atom. The van der Waals surface area contributed by atoms with Gasteiger partial charge in [0, 0.05) is 23.6 Å². The van der Waals surface area contributed by atoms with Crippen molar-refractivity contribution in [3.63, 3.8) is 0 Å². The third-order valence-corrected chi connectivity index (χ3v) is 4.09. The zero-order valence-electron chi connectivity index (χ0n) is 9.75. The molecule has 0 radical (unpaired) electrons. The smallest absolute Gasteiger partial charge is 0.00778 e. The highest BCUT2D eigenvalue weighted by Gasteiger charge is 2.23. The maximum atomic E-state index is 3.55. The normalized spacial score (nSPS) is 27.4. The summed E-state index contributed by atoms with van der Waals surface area (Å²) in [6.07, 6.45) is 4.18. The Hall–Kier alpha value is 0.270. The lowest BCUT2D eigenvalue weighted by Crippen LogP contribution is -2.26. The van der Waals surface area contributed by atoms with Gasteiger partial charge in [-0.15, -0.1) is 0 Å². The molecule has 2 unspecified atom stereocenters. The van der Waals surface area contributed by atoms with Crippen molar-refractivity contribution in [2.75, 3.05) is 32.9 Å². The highest BCUT2D eigenvalue weighted by Crippen LogP contribution is 2.29. The summed E-state index contributed by atoms with van der Waals surface area (Å²) in [7, 11) is 4.30. The van der Waals surface area contributed by atoms with Crippen LogP contribution in [0.5, 0.6) is 0 Å². The first kappa shape index (κ1) is 12.3. The second kappa shape index (κ2) is 6.70. The van der Waals surface area contributed by atoms with E-state index in [9.17, 15) is 0 Å². The van der Waals surface area contributed by atoms with Gasteiger partial charge in [0.2, 0.25) is 0 Å². The fourth-order valence-corrected chi connectivity index (χ4v) is 3.44. The fourth-order valence-electron chi connectivity index (χ4n) is 1.97. The molecular formula is C11H24N2S. The van der Waals surface area contributed by atoms with Gasteiger partial charge in [0.1, 0.15) is 0 Å². The van der Waals surface area contributed by atoms with Gasteiger partial charge >= 0.3 is 0 Å². The summed E-state index contributed by atoms with van der Waals surface area (Å²) in [4.78, 5) is 2.27. The van der Waals surface area contributed by atoms with Crippen molar-refractivity contribution in [2.45, 2.75) is 37.5 Å². The Kier molecular flexibility index (Phi) is 5.90. The maximum Gasteiger partial charge on any atom is 0.00778 e. The van der Waals surface area contributed by atoms with Crippen LogP contribution in [0.2, 0.25) is 0 Å². The van der Waals surface area contributed by atoms with Gasteiger partial charge < -0.3 is 10.2 Å². The summed E-state index contributed by atoms with van der Waals surface area (Å²) in [5, 5.41) is 4.47. The van der Waals surface area contributed by atoms with E-state index in [0.29, 0.717) is 0 Å². The number of nitrogens with zero attached hydrogens (tertiary/aromatic N) is 1. The zero-order valence-corrected chi connectivity index (χ0v) is 10.6. The van der Waals surface area contributed by atoms with Crippen molar-refractivity contribution in [2.24, 2.45) is 0 Å². The van der Waals surface area contributed by atoms with Gasteiger partial charge in [-0.1, -0.05) is 6.92 Å². The van der Waals surface area contributed by atoms with Crippen LogP contribution in [0.1, 0.15) is 26.2 Å². The van der Waals surface area contributed by atoms with Crippen molar-refractivity contribution in [3.05, 3.63) is 0 Å². The molecule has 0 bridgehead atoms. The van der Waals surface area contributed by atoms with Crippen LogP contribution >= 0.6 is 11.8 Å². The Labute approximate surface area is 92.8 Å². The summed E-state index contributed by atoms with van der Waals surface area (Å²) < 4.78 is 0. The highest BCUT2D eigenvalue weighted by molar-refractivity contribution is 7.99. The number of rotatable bonds is 6. The van der Waals surface area contributed by atoms with E-state index < -0.39 is 0 Å². The first-order chi connectivity index (χ1) is 6.72. The molecule has 1 aliphatic rings. The van der Waals surface area contributed by atoms with E-state index in [-0.39, 0.29) is 0 Å². The number of nitrogens with one attached hydrogen (secondary N) is 1. The van der Waals surface area contributed by atoms with Crippen LogP contribution in [-0.4, -0.2) is 49.1 Å². The molecule has 1 rings (SSSR count). The number of hydrogen-bond donors (Lipinski definition) is 1. The third kappa shape index (κ3) is 4.67. The average Bonchev–Trinajstić information content (AvgIpc) is 2.53. The lowest BCUT2D eigenvalue weighted by molar-refractivity contribution is 0.437. The van der Waals surface area contributed by atoms with E-state index in [2.05, 4.69) is 43.0 Å². The summed E-state index contributed by atoms with van der Waals surface area (Å²) in [6.45, 7) is 4.54. The van der Waals surface area contributed by atoms with Crippen LogP contribution in [-0.2, 0) is 0 Å².